The number of likely N-dealkylation sites (tertiary alicyclic amines) is 1. The Balaban J connectivity index is 1.46. The maximum Gasteiger partial charge on any atom is 0.391 e. The topological polar surface area (TPSA) is 84.4 Å². The number of nitrogens with zero attached hydrogens (tertiary/aromatic N) is 3. The van der Waals surface area contributed by atoms with Crippen LogP contribution in [0.5, 0.6) is 5.75 Å². The molecule has 2 aromatic carbocycles. The summed E-state index contributed by atoms with van der Waals surface area (Å²) in [6.45, 7) is 0.623. The van der Waals surface area contributed by atoms with Crippen LogP contribution in [0.25, 0.3) is 0 Å². The van der Waals surface area contributed by atoms with Crippen LogP contribution in [0.3, 0.4) is 0 Å². The lowest BCUT2D eigenvalue weighted by Gasteiger charge is -2.46. The average Bonchev–Trinajstić information content (AvgIpc) is 3.35. The minimum atomic E-state index is -4.24. The van der Waals surface area contributed by atoms with Crippen molar-refractivity contribution in [3.63, 3.8) is 0 Å². The highest BCUT2D eigenvalue weighted by Gasteiger charge is 2.46. The molecule has 35 heavy (non-hydrogen) atoms. The third-order valence-electron chi connectivity index (χ3n) is 6.58. The molecule has 0 spiro atoms. The number of ether oxygens (including phenoxy) is 1. The summed E-state index contributed by atoms with van der Waals surface area (Å²) in [5.41, 5.74) is 1.62. The standard InChI is InChI=1S/C23H23F3N4O3S2/c24-23(25,26)16-8-10-30(20(12-16)15-4-2-1-3-5-15)19-9-11-33-21-13-17(6-7-18(19)21)35(31,32)29-22-27-14-28-34-22/h1-7,13-14,16,19-20H,8-12H2,(H,27,28,29)/t16-,19?,20-/m1/s1. The Morgan fingerprint density at radius 1 is 1.09 bits per heavy atom. The van der Waals surface area contributed by atoms with Gasteiger partial charge in [0.1, 0.15) is 12.1 Å². The summed E-state index contributed by atoms with van der Waals surface area (Å²) in [6.07, 6.45) is -2.37. The quantitative estimate of drug-likeness (QED) is 0.495. The van der Waals surface area contributed by atoms with E-state index in [0.717, 1.165) is 22.7 Å². The smallest absolute Gasteiger partial charge is 0.391 e. The Bertz CT molecular complexity index is 1270. The van der Waals surface area contributed by atoms with Gasteiger partial charge in [-0.2, -0.15) is 17.5 Å². The molecule has 0 amide bonds. The number of benzene rings is 2. The second kappa shape index (κ2) is 9.40. The number of anilines is 1. The average molecular weight is 525 g/mol. The highest BCUT2D eigenvalue weighted by molar-refractivity contribution is 7.93. The molecule has 0 bridgehead atoms. The van der Waals surface area contributed by atoms with Crippen molar-refractivity contribution in [2.24, 2.45) is 5.92 Å². The van der Waals surface area contributed by atoms with E-state index in [1.165, 1.54) is 18.5 Å². The van der Waals surface area contributed by atoms with Gasteiger partial charge in [-0.3, -0.25) is 9.62 Å². The summed E-state index contributed by atoms with van der Waals surface area (Å²) >= 11 is 0.923. The van der Waals surface area contributed by atoms with Crippen LogP contribution in [0.4, 0.5) is 18.3 Å². The molecule has 0 aliphatic carbocycles. The van der Waals surface area contributed by atoms with Gasteiger partial charge in [-0.15, -0.1) is 0 Å². The van der Waals surface area contributed by atoms with Gasteiger partial charge in [0.25, 0.3) is 10.0 Å². The molecule has 0 radical (unpaired) electrons. The molecule has 2 aliphatic rings. The van der Waals surface area contributed by atoms with Crippen LogP contribution in [0.2, 0.25) is 0 Å². The zero-order valence-corrected chi connectivity index (χ0v) is 20.1. The van der Waals surface area contributed by atoms with Gasteiger partial charge < -0.3 is 4.74 Å². The van der Waals surface area contributed by atoms with Crippen molar-refractivity contribution in [2.45, 2.75) is 42.4 Å². The van der Waals surface area contributed by atoms with Crippen molar-refractivity contribution in [1.29, 1.82) is 0 Å². The molecule has 3 aromatic rings. The largest absolute Gasteiger partial charge is 0.493 e. The lowest BCUT2D eigenvalue weighted by atomic mass is 9.84. The predicted octanol–water partition coefficient (Wildman–Crippen LogP) is 5.18. The van der Waals surface area contributed by atoms with E-state index < -0.39 is 28.2 Å². The van der Waals surface area contributed by atoms with Gasteiger partial charge in [-0.1, -0.05) is 36.4 Å². The number of alkyl halides is 3. The molecule has 1 N–H and O–H groups in total. The van der Waals surface area contributed by atoms with Crippen LogP contribution in [0, 0.1) is 5.92 Å². The number of sulfonamides is 1. The van der Waals surface area contributed by atoms with E-state index in [-0.39, 0.29) is 35.5 Å². The summed E-state index contributed by atoms with van der Waals surface area (Å²) in [4.78, 5) is 5.98. The minimum absolute atomic E-state index is 0.0154. The molecular weight excluding hydrogens is 501 g/mol. The van der Waals surface area contributed by atoms with E-state index in [2.05, 4.69) is 19.0 Å². The fourth-order valence-electron chi connectivity index (χ4n) is 4.91. The van der Waals surface area contributed by atoms with Gasteiger partial charge in [0, 0.05) is 41.7 Å². The van der Waals surface area contributed by atoms with Gasteiger partial charge in [0.15, 0.2) is 0 Å². The summed E-state index contributed by atoms with van der Waals surface area (Å²) in [5.74, 6) is -0.937. The molecule has 3 heterocycles. The molecule has 1 unspecified atom stereocenters. The zero-order chi connectivity index (χ0) is 24.6. The van der Waals surface area contributed by atoms with Crippen molar-refractivity contribution < 1.29 is 26.3 Å². The predicted molar refractivity (Wildman–Crippen MR) is 125 cm³/mol. The Morgan fingerprint density at radius 3 is 2.60 bits per heavy atom. The molecule has 12 heteroatoms. The number of aromatic nitrogens is 2. The van der Waals surface area contributed by atoms with Crippen LogP contribution in [0.15, 0.2) is 59.8 Å². The van der Waals surface area contributed by atoms with Crippen molar-refractivity contribution in [3.8, 4) is 5.75 Å². The van der Waals surface area contributed by atoms with Gasteiger partial charge in [-0.25, -0.2) is 13.4 Å². The van der Waals surface area contributed by atoms with E-state index >= 15 is 0 Å². The molecular formula is C23H23F3N4O3S2. The number of piperidine rings is 1. The highest BCUT2D eigenvalue weighted by Crippen LogP contribution is 2.48. The van der Waals surface area contributed by atoms with E-state index in [4.69, 9.17) is 4.74 Å². The Morgan fingerprint density at radius 2 is 1.89 bits per heavy atom. The first-order valence-electron chi connectivity index (χ1n) is 11.2. The summed E-state index contributed by atoms with van der Waals surface area (Å²) in [7, 11) is -3.90. The molecule has 1 saturated heterocycles. The Hall–Kier alpha value is -2.70. The monoisotopic (exact) mass is 524 g/mol. The number of halogens is 3. The SMILES string of the molecule is O=S(=O)(Nc1ncns1)c1ccc2c(c1)OCCC2N1CC[C@@H](C(F)(F)F)C[C@@H]1c1ccccc1. The first kappa shape index (κ1) is 24.0. The van der Waals surface area contributed by atoms with Crippen molar-refractivity contribution in [3.05, 3.63) is 66.0 Å². The lowest BCUT2D eigenvalue weighted by Crippen LogP contribution is -2.44. The Kier molecular flexibility index (Phi) is 6.45. The van der Waals surface area contributed by atoms with Gasteiger partial charge in [0.2, 0.25) is 5.13 Å². The number of nitrogens with one attached hydrogen (secondary N) is 1. The second-order valence-corrected chi connectivity index (χ2v) is 11.1. The molecule has 1 aromatic heterocycles. The van der Waals surface area contributed by atoms with Gasteiger partial charge in [0.05, 0.1) is 17.4 Å². The highest BCUT2D eigenvalue weighted by atomic mass is 32.2. The number of hydrogen-bond donors (Lipinski definition) is 1. The van der Waals surface area contributed by atoms with E-state index in [1.54, 1.807) is 6.07 Å². The van der Waals surface area contributed by atoms with Crippen molar-refractivity contribution in [2.75, 3.05) is 17.9 Å². The summed E-state index contributed by atoms with van der Waals surface area (Å²) < 4.78 is 78.4. The molecule has 0 saturated carbocycles. The summed E-state index contributed by atoms with van der Waals surface area (Å²) in [5, 5.41) is 0.153. The first-order chi connectivity index (χ1) is 16.7. The zero-order valence-electron chi connectivity index (χ0n) is 18.5. The van der Waals surface area contributed by atoms with E-state index in [0.29, 0.717) is 18.8 Å². The molecule has 5 rings (SSSR count). The van der Waals surface area contributed by atoms with E-state index in [9.17, 15) is 21.6 Å². The molecule has 186 valence electrons. The third-order valence-corrected chi connectivity index (χ3v) is 8.62. The maximum atomic E-state index is 13.6. The van der Waals surface area contributed by atoms with Crippen molar-refractivity contribution >= 4 is 26.7 Å². The summed E-state index contributed by atoms with van der Waals surface area (Å²) in [6, 6.07) is 13.3. The van der Waals surface area contributed by atoms with Gasteiger partial charge in [-0.05, 0) is 31.0 Å². The fourth-order valence-corrected chi connectivity index (χ4v) is 6.59. The van der Waals surface area contributed by atoms with Crippen LogP contribution in [-0.2, 0) is 10.0 Å². The van der Waals surface area contributed by atoms with Crippen molar-refractivity contribution in [1.82, 2.24) is 14.3 Å². The molecule has 7 nitrogen and oxygen atoms in total. The van der Waals surface area contributed by atoms with Crippen LogP contribution in [-0.4, -0.2) is 42.0 Å². The minimum Gasteiger partial charge on any atom is -0.493 e. The second-order valence-electron chi connectivity index (χ2n) is 8.63. The fraction of sp³-hybridized carbons (Fsp3) is 0.391. The van der Waals surface area contributed by atoms with E-state index in [1.807, 2.05) is 30.3 Å². The molecule has 1 fully saturated rings. The lowest BCUT2D eigenvalue weighted by molar-refractivity contribution is -0.192. The molecule has 2 aliphatic heterocycles. The van der Waals surface area contributed by atoms with Crippen LogP contribution in [0.1, 0.15) is 42.5 Å². The Labute approximate surface area is 205 Å². The molecule has 3 atom stereocenters. The van der Waals surface area contributed by atoms with Crippen LogP contribution >= 0.6 is 11.5 Å². The van der Waals surface area contributed by atoms with Crippen LogP contribution < -0.4 is 9.46 Å². The maximum absolute atomic E-state index is 13.6. The normalized spacial score (nSPS) is 23.3. The number of hydrogen-bond acceptors (Lipinski definition) is 7. The number of fused-ring (bicyclic) bond motifs is 1. The van der Waals surface area contributed by atoms with Gasteiger partial charge >= 0.3 is 6.18 Å². The first-order valence-corrected chi connectivity index (χ1v) is 13.4. The third kappa shape index (κ3) is 5.00. The number of rotatable bonds is 5.